The number of hydrogen-bond donors (Lipinski definition) is 0. The summed E-state index contributed by atoms with van der Waals surface area (Å²) in [5, 5.41) is 1.27. The molecular formula is C13H24OSi. The second kappa shape index (κ2) is 3.91. The van der Waals surface area contributed by atoms with Crippen LogP contribution < -0.4 is 0 Å². The lowest BCUT2D eigenvalue weighted by Crippen LogP contribution is -2.42. The number of hydrogen-bond acceptors (Lipinski definition) is 1. The molecule has 86 valence electrons. The van der Waals surface area contributed by atoms with Crippen LogP contribution in [0.2, 0.25) is 13.1 Å². The average molecular weight is 224 g/mol. The quantitative estimate of drug-likeness (QED) is 0.564. The minimum Gasteiger partial charge on any atom is -0.410 e. The Hall–Kier alpha value is -0.343. The summed E-state index contributed by atoms with van der Waals surface area (Å²) in [6.07, 6.45) is 3.74. The lowest BCUT2D eigenvalue weighted by atomic mass is 9.91. The molecule has 1 heterocycles. The van der Waals surface area contributed by atoms with E-state index in [0.717, 1.165) is 6.42 Å². The van der Waals surface area contributed by atoms with Crippen LogP contribution in [0.25, 0.3) is 0 Å². The van der Waals surface area contributed by atoms with Crippen LogP contribution in [-0.2, 0) is 4.43 Å². The summed E-state index contributed by atoms with van der Waals surface area (Å²) in [6, 6.07) is 0. The first-order valence-corrected chi connectivity index (χ1v) is 8.62. The normalized spacial score (nSPS) is 29.6. The Balaban J connectivity index is 3.00. The molecule has 0 aromatic carbocycles. The molecule has 0 bridgehead atoms. The molecule has 1 saturated heterocycles. The third kappa shape index (κ3) is 3.32. The van der Waals surface area contributed by atoms with E-state index >= 15 is 0 Å². The summed E-state index contributed by atoms with van der Waals surface area (Å²) < 4.78 is 6.03. The van der Waals surface area contributed by atoms with Crippen LogP contribution in [0.4, 0.5) is 0 Å². The zero-order valence-corrected chi connectivity index (χ0v) is 12.0. The molecule has 0 spiro atoms. The fourth-order valence-corrected chi connectivity index (χ4v) is 4.28. The molecule has 1 fully saturated rings. The molecule has 0 aromatic heterocycles. The standard InChI is InChI=1S/C13H24OSi/c1-10-8-12(9-13(3,4)5)11(2)15(6,7)14-10/h9-10H,2,8H2,1,3-7H3/b12-9+. The van der Waals surface area contributed by atoms with Gasteiger partial charge in [0.25, 0.3) is 0 Å². The summed E-state index contributed by atoms with van der Waals surface area (Å²) in [6.45, 7) is 17.6. The van der Waals surface area contributed by atoms with Gasteiger partial charge >= 0.3 is 0 Å². The molecule has 1 unspecified atom stereocenters. The minimum atomic E-state index is -1.68. The van der Waals surface area contributed by atoms with Crippen molar-refractivity contribution in [1.29, 1.82) is 0 Å². The molecule has 0 N–H and O–H groups in total. The molecule has 1 aliphatic rings. The fraction of sp³-hybridized carbons (Fsp3) is 0.692. The van der Waals surface area contributed by atoms with E-state index in [9.17, 15) is 0 Å². The molecule has 0 saturated carbocycles. The third-order valence-electron chi connectivity index (χ3n) is 2.72. The predicted octanol–water partition coefficient (Wildman–Crippen LogP) is 4.07. The number of allylic oxidation sites excluding steroid dienone is 2. The van der Waals surface area contributed by atoms with E-state index in [2.05, 4.69) is 53.4 Å². The number of rotatable bonds is 0. The largest absolute Gasteiger partial charge is 0.410 e. The van der Waals surface area contributed by atoms with E-state index < -0.39 is 8.32 Å². The van der Waals surface area contributed by atoms with E-state index in [1.165, 1.54) is 10.8 Å². The van der Waals surface area contributed by atoms with Gasteiger partial charge in [-0.3, -0.25) is 0 Å². The fourth-order valence-electron chi connectivity index (χ4n) is 2.10. The highest BCUT2D eigenvalue weighted by Gasteiger charge is 2.36. The highest BCUT2D eigenvalue weighted by atomic mass is 28.4. The van der Waals surface area contributed by atoms with Crippen molar-refractivity contribution in [3.63, 3.8) is 0 Å². The molecule has 15 heavy (non-hydrogen) atoms. The van der Waals surface area contributed by atoms with Crippen molar-refractivity contribution in [2.45, 2.75) is 53.3 Å². The summed E-state index contributed by atoms with van der Waals surface area (Å²) in [7, 11) is -1.68. The molecule has 0 amide bonds. The maximum atomic E-state index is 6.03. The maximum Gasteiger partial charge on any atom is 0.218 e. The lowest BCUT2D eigenvalue weighted by molar-refractivity contribution is 0.206. The summed E-state index contributed by atoms with van der Waals surface area (Å²) >= 11 is 0. The van der Waals surface area contributed by atoms with Crippen molar-refractivity contribution in [2.75, 3.05) is 0 Å². The van der Waals surface area contributed by atoms with Gasteiger partial charge in [0, 0.05) is 6.10 Å². The van der Waals surface area contributed by atoms with E-state index in [-0.39, 0.29) is 5.41 Å². The van der Waals surface area contributed by atoms with Crippen molar-refractivity contribution in [3.05, 3.63) is 23.4 Å². The lowest BCUT2D eigenvalue weighted by Gasteiger charge is -2.37. The molecule has 1 atom stereocenters. The first-order chi connectivity index (χ1) is 6.62. The second-order valence-corrected chi connectivity index (χ2v) is 10.0. The Kier molecular flexibility index (Phi) is 3.32. The molecule has 1 rings (SSSR count). The summed E-state index contributed by atoms with van der Waals surface area (Å²) in [5.74, 6) is 0. The van der Waals surface area contributed by atoms with Gasteiger partial charge in [-0.15, -0.1) is 0 Å². The topological polar surface area (TPSA) is 9.23 Å². The Bertz CT molecular complexity index is 294. The van der Waals surface area contributed by atoms with E-state index in [4.69, 9.17) is 4.43 Å². The van der Waals surface area contributed by atoms with Crippen molar-refractivity contribution in [3.8, 4) is 0 Å². The van der Waals surface area contributed by atoms with Crippen LogP contribution in [0, 0.1) is 5.41 Å². The predicted molar refractivity (Wildman–Crippen MR) is 69.3 cm³/mol. The van der Waals surface area contributed by atoms with Gasteiger partial charge in [-0.25, -0.2) is 0 Å². The summed E-state index contributed by atoms with van der Waals surface area (Å²) in [4.78, 5) is 0. The van der Waals surface area contributed by atoms with Crippen LogP contribution in [0.3, 0.4) is 0 Å². The molecular weight excluding hydrogens is 200 g/mol. The smallest absolute Gasteiger partial charge is 0.218 e. The monoisotopic (exact) mass is 224 g/mol. The Morgan fingerprint density at radius 1 is 1.40 bits per heavy atom. The highest BCUT2D eigenvalue weighted by Crippen LogP contribution is 2.35. The molecule has 1 aliphatic heterocycles. The van der Waals surface area contributed by atoms with Gasteiger partial charge in [-0.05, 0) is 42.6 Å². The van der Waals surface area contributed by atoms with E-state index in [1.54, 1.807) is 0 Å². The molecule has 0 aromatic rings. The van der Waals surface area contributed by atoms with Crippen molar-refractivity contribution < 1.29 is 4.43 Å². The van der Waals surface area contributed by atoms with Crippen LogP contribution in [0.5, 0.6) is 0 Å². The Morgan fingerprint density at radius 2 is 1.93 bits per heavy atom. The van der Waals surface area contributed by atoms with Crippen LogP contribution in [0.1, 0.15) is 34.1 Å². The Morgan fingerprint density at radius 3 is 2.40 bits per heavy atom. The van der Waals surface area contributed by atoms with Crippen molar-refractivity contribution >= 4 is 8.32 Å². The zero-order valence-electron chi connectivity index (χ0n) is 11.0. The maximum absolute atomic E-state index is 6.03. The highest BCUT2D eigenvalue weighted by molar-refractivity contribution is 6.79. The van der Waals surface area contributed by atoms with Gasteiger partial charge in [0.05, 0.1) is 0 Å². The molecule has 0 aliphatic carbocycles. The van der Waals surface area contributed by atoms with Crippen molar-refractivity contribution in [2.24, 2.45) is 5.41 Å². The average Bonchev–Trinajstić information content (AvgIpc) is 1.95. The van der Waals surface area contributed by atoms with Gasteiger partial charge < -0.3 is 4.43 Å². The van der Waals surface area contributed by atoms with Gasteiger partial charge in [0.1, 0.15) is 0 Å². The molecule has 0 radical (unpaired) electrons. The Labute approximate surface area is 95.4 Å². The molecule has 2 heteroatoms. The van der Waals surface area contributed by atoms with E-state index in [0.29, 0.717) is 6.10 Å². The van der Waals surface area contributed by atoms with Gasteiger partial charge in [-0.1, -0.05) is 33.4 Å². The second-order valence-electron chi connectivity index (χ2n) is 6.16. The SMILES string of the molecule is C=C1/C(=C/C(C)(C)C)CC(C)O[Si]1(C)C. The first kappa shape index (κ1) is 12.7. The van der Waals surface area contributed by atoms with Crippen molar-refractivity contribution in [1.82, 2.24) is 0 Å². The zero-order chi connectivity index (χ0) is 11.9. The molecule has 1 nitrogen and oxygen atoms in total. The third-order valence-corrected chi connectivity index (χ3v) is 5.49. The van der Waals surface area contributed by atoms with Crippen LogP contribution >= 0.6 is 0 Å². The van der Waals surface area contributed by atoms with Crippen LogP contribution in [-0.4, -0.2) is 14.4 Å². The summed E-state index contributed by atoms with van der Waals surface area (Å²) in [5.41, 5.74) is 1.66. The van der Waals surface area contributed by atoms with Gasteiger partial charge in [-0.2, -0.15) is 0 Å². The van der Waals surface area contributed by atoms with Gasteiger partial charge in [0.15, 0.2) is 0 Å². The van der Waals surface area contributed by atoms with E-state index in [1.807, 2.05) is 0 Å². The minimum absolute atomic E-state index is 0.236. The van der Waals surface area contributed by atoms with Crippen LogP contribution in [0.15, 0.2) is 23.4 Å². The first-order valence-electron chi connectivity index (χ1n) is 5.71. The van der Waals surface area contributed by atoms with Gasteiger partial charge in [0.2, 0.25) is 8.32 Å².